The molecule has 2 aliphatic carbocycles. The lowest BCUT2D eigenvalue weighted by Crippen LogP contribution is -2.45. The number of benzene rings is 1. The third-order valence-corrected chi connectivity index (χ3v) is 6.31. The van der Waals surface area contributed by atoms with Crippen LogP contribution in [0.3, 0.4) is 0 Å². The predicted molar refractivity (Wildman–Crippen MR) is 85.8 cm³/mol. The monoisotopic (exact) mass is 341 g/mol. The standard InChI is InChI=1S/C16H21BrClN/c1-15(2)10-6-7-16(3,9-10)14(15)19-13-5-4-11(17)8-12(13)18/h4-5,8,10,14,19H,6-7,9H2,1-3H3/t10-,14?,16+/m0/s1. The average Bonchev–Trinajstić information content (AvgIpc) is 2.78. The molecule has 2 saturated carbocycles. The van der Waals surface area contributed by atoms with E-state index in [1.807, 2.05) is 6.07 Å². The molecule has 0 saturated heterocycles. The second-order valence-corrected chi connectivity index (χ2v) is 8.44. The molecule has 0 aromatic heterocycles. The van der Waals surface area contributed by atoms with E-state index in [1.54, 1.807) is 0 Å². The van der Waals surface area contributed by atoms with Gasteiger partial charge in [0.05, 0.1) is 10.7 Å². The van der Waals surface area contributed by atoms with Crippen molar-refractivity contribution in [3.05, 3.63) is 27.7 Å². The molecule has 104 valence electrons. The van der Waals surface area contributed by atoms with Gasteiger partial charge in [-0.1, -0.05) is 48.3 Å². The summed E-state index contributed by atoms with van der Waals surface area (Å²) in [5.74, 6) is 0.851. The zero-order chi connectivity index (χ0) is 13.8. The lowest BCUT2D eigenvalue weighted by atomic mass is 9.68. The van der Waals surface area contributed by atoms with Gasteiger partial charge in [-0.15, -0.1) is 0 Å². The highest BCUT2D eigenvalue weighted by atomic mass is 79.9. The first-order chi connectivity index (χ1) is 8.83. The molecule has 2 bridgehead atoms. The first kappa shape index (κ1) is 13.8. The maximum absolute atomic E-state index is 6.36. The molecule has 3 heteroatoms. The summed E-state index contributed by atoms with van der Waals surface area (Å²) in [4.78, 5) is 0. The average molecular weight is 343 g/mol. The van der Waals surface area contributed by atoms with Gasteiger partial charge in [-0.3, -0.25) is 0 Å². The third-order valence-electron chi connectivity index (χ3n) is 5.50. The SMILES string of the molecule is CC1(C)C(Nc2ccc(Br)cc2Cl)[C@]2(C)CC[C@H]1C2. The van der Waals surface area contributed by atoms with E-state index in [9.17, 15) is 0 Å². The van der Waals surface area contributed by atoms with Crippen molar-refractivity contribution in [2.45, 2.75) is 46.1 Å². The van der Waals surface area contributed by atoms with Gasteiger partial charge in [0.1, 0.15) is 0 Å². The number of hydrogen-bond donors (Lipinski definition) is 1. The molecule has 1 unspecified atom stereocenters. The molecule has 0 spiro atoms. The Kier molecular flexibility index (Phi) is 3.18. The topological polar surface area (TPSA) is 12.0 Å². The van der Waals surface area contributed by atoms with E-state index in [2.05, 4.69) is 54.2 Å². The molecule has 3 atom stereocenters. The van der Waals surface area contributed by atoms with Crippen LogP contribution in [0, 0.1) is 16.7 Å². The minimum Gasteiger partial charge on any atom is -0.380 e. The van der Waals surface area contributed by atoms with Crippen LogP contribution in [0.15, 0.2) is 22.7 Å². The fraction of sp³-hybridized carbons (Fsp3) is 0.625. The van der Waals surface area contributed by atoms with E-state index >= 15 is 0 Å². The van der Waals surface area contributed by atoms with Gasteiger partial charge in [0, 0.05) is 10.5 Å². The quantitative estimate of drug-likeness (QED) is 0.723. The van der Waals surface area contributed by atoms with E-state index in [0.717, 1.165) is 21.1 Å². The lowest BCUT2D eigenvalue weighted by Gasteiger charge is -2.43. The minimum absolute atomic E-state index is 0.351. The van der Waals surface area contributed by atoms with E-state index in [0.29, 0.717) is 16.9 Å². The third kappa shape index (κ3) is 2.12. The molecule has 0 heterocycles. The zero-order valence-corrected chi connectivity index (χ0v) is 14.1. The lowest BCUT2D eigenvalue weighted by molar-refractivity contribution is 0.155. The molecule has 0 aliphatic heterocycles. The zero-order valence-electron chi connectivity index (χ0n) is 11.8. The summed E-state index contributed by atoms with van der Waals surface area (Å²) in [7, 11) is 0. The van der Waals surface area contributed by atoms with Crippen molar-refractivity contribution in [3.63, 3.8) is 0 Å². The predicted octanol–water partition coefficient (Wildman–Crippen LogP) is 5.73. The van der Waals surface area contributed by atoms with E-state index in [4.69, 9.17) is 11.6 Å². The maximum Gasteiger partial charge on any atom is 0.0648 e. The Balaban J connectivity index is 1.90. The molecule has 1 N–H and O–H groups in total. The normalized spacial score (nSPS) is 35.6. The van der Waals surface area contributed by atoms with Gasteiger partial charge in [0.15, 0.2) is 0 Å². The smallest absolute Gasteiger partial charge is 0.0648 e. The van der Waals surface area contributed by atoms with Crippen LogP contribution in [0.5, 0.6) is 0 Å². The molecular formula is C16H21BrClN. The summed E-state index contributed by atoms with van der Waals surface area (Å²) in [5.41, 5.74) is 1.84. The summed E-state index contributed by atoms with van der Waals surface area (Å²) in [5, 5.41) is 4.55. The summed E-state index contributed by atoms with van der Waals surface area (Å²) >= 11 is 9.82. The van der Waals surface area contributed by atoms with Gasteiger partial charge in [-0.05, 0) is 54.2 Å². The van der Waals surface area contributed by atoms with Crippen LogP contribution in [0.25, 0.3) is 0 Å². The first-order valence-corrected chi connectivity index (χ1v) is 8.22. The molecule has 1 nitrogen and oxygen atoms in total. The van der Waals surface area contributed by atoms with Gasteiger partial charge in [0.25, 0.3) is 0 Å². The molecule has 2 fully saturated rings. The summed E-state index contributed by atoms with van der Waals surface area (Å²) in [6, 6.07) is 6.61. The van der Waals surface area contributed by atoms with Gasteiger partial charge >= 0.3 is 0 Å². The van der Waals surface area contributed by atoms with E-state index < -0.39 is 0 Å². The number of rotatable bonds is 2. The molecule has 3 rings (SSSR count). The first-order valence-electron chi connectivity index (χ1n) is 7.04. The van der Waals surface area contributed by atoms with Crippen LogP contribution in [0.1, 0.15) is 40.0 Å². The molecule has 1 aromatic carbocycles. The minimum atomic E-state index is 0.351. The Bertz CT molecular complexity index is 509. The summed E-state index contributed by atoms with van der Waals surface area (Å²) in [6.07, 6.45) is 4.08. The van der Waals surface area contributed by atoms with Crippen LogP contribution in [-0.4, -0.2) is 6.04 Å². The number of fused-ring (bicyclic) bond motifs is 2. The van der Waals surface area contributed by atoms with Crippen LogP contribution < -0.4 is 5.32 Å². The maximum atomic E-state index is 6.36. The Hall–Kier alpha value is -0.210. The van der Waals surface area contributed by atoms with Crippen molar-refractivity contribution < 1.29 is 0 Å². The molecular weight excluding hydrogens is 322 g/mol. The molecule has 19 heavy (non-hydrogen) atoms. The molecule has 0 radical (unpaired) electrons. The Morgan fingerprint density at radius 1 is 1.32 bits per heavy atom. The highest BCUT2D eigenvalue weighted by Crippen LogP contribution is 2.63. The largest absolute Gasteiger partial charge is 0.380 e. The van der Waals surface area contributed by atoms with Crippen molar-refractivity contribution in [1.82, 2.24) is 0 Å². The number of nitrogens with one attached hydrogen (secondary N) is 1. The second kappa shape index (κ2) is 4.39. The Labute approximate surface area is 129 Å². The number of hydrogen-bond acceptors (Lipinski definition) is 1. The van der Waals surface area contributed by atoms with Crippen molar-refractivity contribution in [1.29, 1.82) is 0 Å². The van der Waals surface area contributed by atoms with E-state index in [1.165, 1.54) is 19.3 Å². The highest BCUT2D eigenvalue weighted by Gasteiger charge is 2.59. The van der Waals surface area contributed by atoms with Gasteiger partial charge in [-0.25, -0.2) is 0 Å². The number of halogens is 2. The van der Waals surface area contributed by atoms with Crippen LogP contribution in [-0.2, 0) is 0 Å². The Morgan fingerprint density at radius 3 is 2.63 bits per heavy atom. The molecule has 1 aromatic rings. The van der Waals surface area contributed by atoms with Crippen LogP contribution in [0.4, 0.5) is 5.69 Å². The fourth-order valence-corrected chi connectivity index (χ4v) is 5.15. The van der Waals surface area contributed by atoms with Crippen molar-refractivity contribution in [3.8, 4) is 0 Å². The summed E-state index contributed by atoms with van der Waals surface area (Å²) in [6.45, 7) is 7.26. The molecule has 0 amide bonds. The molecule has 2 aliphatic rings. The van der Waals surface area contributed by atoms with Crippen molar-refractivity contribution in [2.24, 2.45) is 16.7 Å². The van der Waals surface area contributed by atoms with Gasteiger partial charge < -0.3 is 5.32 Å². The van der Waals surface area contributed by atoms with Gasteiger partial charge in [0.2, 0.25) is 0 Å². The second-order valence-electron chi connectivity index (χ2n) is 7.12. The van der Waals surface area contributed by atoms with Gasteiger partial charge in [-0.2, -0.15) is 0 Å². The van der Waals surface area contributed by atoms with Crippen molar-refractivity contribution in [2.75, 3.05) is 5.32 Å². The Morgan fingerprint density at radius 2 is 2.05 bits per heavy atom. The van der Waals surface area contributed by atoms with Crippen molar-refractivity contribution >= 4 is 33.2 Å². The summed E-state index contributed by atoms with van der Waals surface area (Å²) < 4.78 is 1.03. The van der Waals surface area contributed by atoms with Crippen LogP contribution >= 0.6 is 27.5 Å². The highest BCUT2D eigenvalue weighted by molar-refractivity contribution is 9.10. The fourth-order valence-electron chi connectivity index (χ4n) is 4.42. The van der Waals surface area contributed by atoms with Crippen LogP contribution in [0.2, 0.25) is 5.02 Å². The number of anilines is 1. The van der Waals surface area contributed by atoms with E-state index in [-0.39, 0.29) is 0 Å².